The molecular formula is C18H21N3O2S. The van der Waals surface area contributed by atoms with Crippen molar-refractivity contribution in [1.29, 1.82) is 0 Å². The lowest BCUT2D eigenvalue weighted by Crippen LogP contribution is -2.43. The third-order valence-electron chi connectivity index (χ3n) is 4.25. The normalized spacial score (nSPS) is 16.0. The summed E-state index contributed by atoms with van der Waals surface area (Å²) in [6.07, 6.45) is 3.10. The lowest BCUT2D eigenvalue weighted by atomic mass is 10.0. The molecule has 6 heteroatoms. The number of nitrogens with zero attached hydrogens (tertiary/aromatic N) is 2. The van der Waals surface area contributed by atoms with Gasteiger partial charge in [-0.05, 0) is 24.8 Å². The summed E-state index contributed by atoms with van der Waals surface area (Å²) in [6.45, 7) is 2.63. The molecule has 2 amide bonds. The van der Waals surface area contributed by atoms with Gasteiger partial charge in [-0.15, -0.1) is 11.3 Å². The number of aryl methyl sites for hydroxylation is 1. The van der Waals surface area contributed by atoms with Crippen molar-refractivity contribution in [1.82, 2.24) is 9.88 Å². The standard InChI is InChI=1S/C18H21N3O2S/c1-2-14-18(24-12-19-14)20-17(23)16(13-8-4-3-5-9-13)21-11-7-6-10-15(21)22/h3-5,8-9,12,16H,2,6-7,10-11H2,1H3,(H,20,23). The molecule has 2 heterocycles. The molecule has 2 aromatic rings. The Morgan fingerprint density at radius 1 is 1.33 bits per heavy atom. The van der Waals surface area contributed by atoms with Crippen LogP contribution < -0.4 is 5.32 Å². The molecule has 1 saturated heterocycles. The van der Waals surface area contributed by atoms with E-state index >= 15 is 0 Å². The molecule has 24 heavy (non-hydrogen) atoms. The maximum absolute atomic E-state index is 13.0. The van der Waals surface area contributed by atoms with Crippen molar-refractivity contribution in [3.05, 3.63) is 47.1 Å². The second-order valence-corrected chi connectivity index (χ2v) is 6.68. The van der Waals surface area contributed by atoms with Crippen LogP contribution in [0.3, 0.4) is 0 Å². The van der Waals surface area contributed by atoms with Crippen LogP contribution in [0.1, 0.15) is 43.5 Å². The summed E-state index contributed by atoms with van der Waals surface area (Å²) in [7, 11) is 0. The van der Waals surface area contributed by atoms with Gasteiger partial charge in [-0.2, -0.15) is 0 Å². The fourth-order valence-corrected chi connectivity index (χ4v) is 3.79. The van der Waals surface area contributed by atoms with Gasteiger partial charge in [0, 0.05) is 13.0 Å². The van der Waals surface area contributed by atoms with Gasteiger partial charge in [0.1, 0.15) is 11.0 Å². The number of aromatic nitrogens is 1. The van der Waals surface area contributed by atoms with Crippen molar-refractivity contribution in [3.63, 3.8) is 0 Å². The summed E-state index contributed by atoms with van der Waals surface area (Å²) in [4.78, 5) is 31.4. The van der Waals surface area contributed by atoms with Crippen LogP contribution in [0.25, 0.3) is 0 Å². The highest BCUT2D eigenvalue weighted by Gasteiger charge is 2.33. The highest BCUT2D eigenvalue weighted by molar-refractivity contribution is 7.14. The fourth-order valence-electron chi connectivity index (χ4n) is 3.01. The molecule has 126 valence electrons. The summed E-state index contributed by atoms with van der Waals surface area (Å²) in [5.74, 6) is -0.124. The Bertz CT molecular complexity index is 714. The molecule has 3 rings (SSSR count). The molecule has 0 saturated carbocycles. The number of carbonyl (C=O) groups excluding carboxylic acids is 2. The van der Waals surface area contributed by atoms with Gasteiger partial charge in [0.2, 0.25) is 5.91 Å². The number of hydrogen-bond donors (Lipinski definition) is 1. The Kier molecular flexibility index (Phi) is 5.25. The van der Waals surface area contributed by atoms with Crippen LogP contribution in [0.4, 0.5) is 5.00 Å². The quantitative estimate of drug-likeness (QED) is 0.905. The van der Waals surface area contributed by atoms with E-state index in [0.717, 1.165) is 35.5 Å². The zero-order valence-corrected chi connectivity index (χ0v) is 14.5. The van der Waals surface area contributed by atoms with Crippen molar-refractivity contribution >= 4 is 28.2 Å². The summed E-state index contributed by atoms with van der Waals surface area (Å²) in [5.41, 5.74) is 3.45. The van der Waals surface area contributed by atoms with Crippen molar-refractivity contribution in [3.8, 4) is 0 Å². The molecule has 1 unspecified atom stereocenters. The first-order valence-corrected chi connectivity index (χ1v) is 9.16. The Balaban J connectivity index is 1.89. The molecule has 0 bridgehead atoms. The van der Waals surface area contributed by atoms with Crippen molar-refractivity contribution in [2.45, 2.75) is 38.6 Å². The third-order valence-corrected chi connectivity index (χ3v) is 5.03. The first-order chi connectivity index (χ1) is 11.7. The van der Waals surface area contributed by atoms with E-state index in [2.05, 4.69) is 10.3 Å². The summed E-state index contributed by atoms with van der Waals surface area (Å²) in [5, 5.41) is 3.75. The fraction of sp³-hybridized carbons (Fsp3) is 0.389. The van der Waals surface area contributed by atoms with E-state index in [-0.39, 0.29) is 11.8 Å². The zero-order valence-electron chi connectivity index (χ0n) is 13.7. The van der Waals surface area contributed by atoms with E-state index in [1.54, 1.807) is 10.4 Å². The average molecular weight is 343 g/mol. The zero-order chi connectivity index (χ0) is 16.9. The van der Waals surface area contributed by atoms with E-state index in [4.69, 9.17) is 0 Å². The first-order valence-electron chi connectivity index (χ1n) is 8.28. The van der Waals surface area contributed by atoms with Crippen LogP contribution in [-0.2, 0) is 16.0 Å². The molecule has 0 spiro atoms. The van der Waals surface area contributed by atoms with Gasteiger partial charge in [-0.1, -0.05) is 37.3 Å². The number of amides is 2. The molecule has 1 aliphatic heterocycles. The number of nitrogens with one attached hydrogen (secondary N) is 1. The Morgan fingerprint density at radius 3 is 2.83 bits per heavy atom. The number of likely N-dealkylation sites (tertiary alicyclic amines) is 1. The Hall–Kier alpha value is -2.21. The van der Waals surface area contributed by atoms with Gasteiger partial charge >= 0.3 is 0 Å². The lowest BCUT2D eigenvalue weighted by molar-refractivity contribution is -0.141. The number of hydrogen-bond acceptors (Lipinski definition) is 4. The number of benzene rings is 1. The molecule has 1 aromatic carbocycles. The largest absolute Gasteiger partial charge is 0.327 e. The van der Waals surface area contributed by atoms with Gasteiger partial charge < -0.3 is 10.2 Å². The van der Waals surface area contributed by atoms with Gasteiger partial charge in [0.15, 0.2) is 0 Å². The van der Waals surface area contributed by atoms with E-state index in [0.29, 0.717) is 13.0 Å². The molecule has 1 aromatic heterocycles. The van der Waals surface area contributed by atoms with Crippen LogP contribution in [0.15, 0.2) is 35.8 Å². The number of anilines is 1. The highest BCUT2D eigenvalue weighted by atomic mass is 32.1. The summed E-state index contributed by atoms with van der Waals surface area (Å²) < 4.78 is 0. The molecule has 0 radical (unpaired) electrons. The smallest absolute Gasteiger partial charge is 0.252 e. The first kappa shape index (κ1) is 16.6. The number of rotatable bonds is 5. The van der Waals surface area contributed by atoms with Crippen LogP contribution in [0.2, 0.25) is 0 Å². The second kappa shape index (κ2) is 7.57. The lowest BCUT2D eigenvalue weighted by Gasteiger charge is -2.34. The third kappa shape index (κ3) is 3.48. The Morgan fingerprint density at radius 2 is 2.12 bits per heavy atom. The predicted octanol–water partition coefficient (Wildman–Crippen LogP) is 3.40. The van der Waals surface area contributed by atoms with Crippen LogP contribution in [-0.4, -0.2) is 28.2 Å². The van der Waals surface area contributed by atoms with Gasteiger partial charge in [-0.3, -0.25) is 9.59 Å². The number of carbonyl (C=O) groups is 2. The van der Waals surface area contributed by atoms with Gasteiger partial charge in [0.05, 0.1) is 11.2 Å². The van der Waals surface area contributed by atoms with Crippen molar-refractivity contribution in [2.75, 3.05) is 11.9 Å². The molecule has 1 N–H and O–H groups in total. The predicted molar refractivity (Wildman–Crippen MR) is 94.9 cm³/mol. The van der Waals surface area contributed by atoms with Crippen LogP contribution in [0, 0.1) is 0 Å². The SMILES string of the molecule is CCc1ncsc1NC(=O)C(c1ccccc1)N1CCCCC1=O. The minimum absolute atomic E-state index is 0.0465. The van der Waals surface area contributed by atoms with E-state index in [1.165, 1.54) is 11.3 Å². The molecule has 1 aliphatic rings. The molecule has 1 atom stereocenters. The van der Waals surface area contributed by atoms with Crippen molar-refractivity contribution < 1.29 is 9.59 Å². The second-order valence-electron chi connectivity index (χ2n) is 5.83. The topological polar surface area (TPSA) is 62.3 Å². The van der Waals surface area contributed by atoms with Gasteiger partial charge in [-0.25, -0.2) is 4.98 Å². The number of piperidine rings is 1. The highest BCUT2D eigenvalue weighted by Crippen LogP contribution is 2.28. The molecular weight excluding hydrogens is 322 g/mol. The maximum Gasteiger partial charge on any atom is 0.252 e. The molecule has 0 aliphatic carbocycles. The monoisotopic (exact) mass is 343 g/mol. The van der Waals surface area contributed by atoms with E-state index in [9.17, 15) is 9.59 Å². The minimum atomic E-state index is -0.592. The Labute approximate surface area is 145 Å². The van der Waals surface area contributed by atoms with Gasteiger partial charge in [0.25, 0.3) is 5.91 Å². The van der Waals surface area contributed by atoms with E-state index in [1.807, 2.05) is 37.3 Å². The maximum atomic E-state index is 13.0. The summed E-state index contributed by atoms with van der Waals surface area (Å²) >= 11 is 1.42. The van der Waals surface area contributed by atoms with Crippen molar-refractivity contribution in [2.24, 2.45) is 0 Å². The minimum Gasteiger partial charge on any atom is -0.327 e. The average Bonchev–Trinajstić information content (AvgIpc) is 3.05. The van der Waals surface area contributed by atoms with Crippen LogP contribution >= 0.6 is 11.3 Å². The molecule has 1 fully saturated rings. The summed E-state index contributed by atoms with van der Waals surface area (Å²) in [6, 6.07) is 8.92. The van der Waals surface area contributed by atoms with Crippen LogP contribution in [0.5, 0.6) is 0 Å². The number of thiazole rings is 1. The van der Waals surface area contributed by atoms with E-state index < -0.39 is 6.04 Å². The molecule has 5 nitrogen and oxygen atoms in total.